The van der Waals surface area contributed by atoms with Crippen molar-refractivity contribution >= 4 is 51.3 Å². The molecule has 6 nitrogen and oxygen atoms in total. The highest BCUT2D eigenvalue weighted by molar-refractivity contribution is 14.0. The molecule has 0 aliphatic heterocycles. The van der Waals surface area contributed by atoms with Gasteiger partial charge in [0.2, 0.25) is 0 Å². The first-order valence-corrected chi connectivity index (χ1v) is 11.3. The number of nitrogens with zero attached hydrogens (tertiary/aromatic N) is 2. The predicted molar refractivity (Wildman–Crippen MR) is 128 cm³/mol. The maximum Gasteiger partial charge on any atom is 0.252 e. The van der Waals surface area contributed by atoms with Gasteiger partial charge in [0, 0.05) is 32.1 Å². The molecule has 0 amide bonds. The molecule has 1 aromatic heterocycles. The van der Waals surface area contributed by atoms with Gasteiger partial charge in [-0.25, -0.2) is 17.7 Å². The second-order valence-corrected chi connectivity index (χ2v) is 9.77. The van der Waals surface area contributed by atoms with Crippen molar-refractivity contribution in [2.75, 3.05) is 27.2 Å². The minimum atomic E-state index is -3.38. The molecular formula is C19H29IN4O2S2. The third kappa shape index (κ3) is 7.69. The van der Waals surface area contributed by atoms with Gasteiger partial charge in [0.05, 0.1) is 6.54 Å². The molecule has 0 saturated carbocycles. The summed E-state index contributed by atoms with van der Waals surface area (Å²) in [6, 6.07) is 13.9. The number of benzene rings is 1. The van der Waals surface area contributed by atoms with E-state index in [0.29, 0.717) is 10.8 Å². The Morgan fingerprint density at radius 3 is 2.46 bits per heavy atom. The Hall–Kier alpha value is -1.17. The topological polar surface area (TPSA) is 73.8 Å². The Balaban J connectivity index is 0.00000392. The highest BCUT2D eigenvalue weighted by Crippen LogP contribution is 2.24. The van der Waals surface area contributed by atoms with E-state index in [4.69, 9.17) is 0 Å². The van der Waals surface area contributed by atoms with Crippen LogP contribution in [0, 0.1) is 0 Å². The number of hydrogen-bond donors (Lipinski definition) is 2. The summed E-state index contributed by atoms with van der Waals surface area (Å²) in [5.74, 6) is 0.746. The fourth-order valence-electron chi connectivity index (χ4n) is 2.40. The summed E-state index contributed by atoms with van der Waals surface area (Å²) in [5.41, 5.74) is 1.33. The molecule has 2 N–H and O–H groups in total. The number of sulfonamides is 1. The minimum Gasteiger partial charge on any atom is -0.357 e. The molecule has 9 heteroatoms. The summed E-state index contributed by atoms with van der Waals surface area (Å²) in [6.07, 6.45) is 2.03. The van der Waals surface area contributed by atoms with Crippen molar-refractivity contribution in [3.05, 3.63) is 52.9 Å². The largest absolute Gasteiger partial charge is 0.357 e. The molecule has 0 saturated heterocycles. The molecule has 0 atom stereocenters. The fourth-order valence-corrected chi connectivity index (χ4v) is 4.85. The van der Waals surface area contributed by atoms with Crippen LogP contribution in [0.2, 0.25) is 0 Å². The van der Waals surface area contributed by atoms with Crippen LogP contribution < -0.4 is 10.6 Å². The van der Waals surface area contributed by atoms with E-state index in [1.54, 1.807) is 6.07 Å². The molecule has 0 fully saturated rings. The van der Waals surface area contributed by atoms with Crippen LogP contribution in [0.3, 0.4) is 0 Å². The SMILES string of the molecule is CCNC(=NCc1ccc(S(=O)(=O)N(C)C)s1)NCCCc1ccccc1.I. The zero-order valence-electron chi connectivity index (χ0n) is 16.5. The van der Waals surface area contributed by atoms with Crippen molar-refractivity contribution < 1.29 is 8.42 Å². The number of thiophene rings is 1. The quantitative estimate of drug-likeness (QED) is 0.223. The molecule has 1 aromatic carbocycles. The normalized spacial score (nSPS) is 11.9. The second kappa shape index (κ2) is 12.4. The standard InChI is InChI=1S/C19H28N4O2S2.HI/c1-4-20-19(21-14-8-11-16-9-6-5-7-10-16)22-15-17-12-13-18(26-17)27(24,25)23(2)3;/h5-7,9-10,12-13H,4,8,11,14-15H2,1-3H3,(H2,20,21,22);1H. The number of nitrogens with one attached hydrogen (secondary N) is 2. The maximum atomic E-state index is 12.2. The fraction of sp³-hybridized carbons (Fsp3) is 0.421. The zero-order chi connectivity index (χ0) is 19.7. The number of hydrogen-bond acceptors (Lipinski definition) is 4. The lowest BCUT2D eigenvalue weighted by Crippen LogP contribution is -2.37. The van der Waals surface area contributed by atoms with Crippen LogP contribution in [0.5, 0.6) is 0 Å². The van der Waals surface area contributed by atoms with Crippen molar-refractivity contribution in [2.45, 2.75) is 30.5 Å². The lowest BCUT2D eigenvalue weighted by atomic mass is 10.1. The van der Waals surface area contributed by atoms with Gasteiger partial charge in [-0.05, 0) is 37.5 Å². The number of halogens is 1. The van der Waals surface area contributed by atoms with E-state index in [-0.39, 0.29) is 24.0 Å². The lowest BCUT2D eigenvalue weighted by molar-refractivity contribution is 0.523. The predicted octanol–water partition coefficient (Wildman–Crippen LogP) is 3.30. The second-order valence-electron chi connectivity index (χ2n) is 6.22. The summed E-state index contributed by atoms with van der Waals surface area (Å²) in [7, 11) is -0.302. The van der Waals surface area contributed by atoms with Crippen LogP contribution in [-0.4, -0.2) is 45.9 Å². The first kappa shape index (κ1) is 24.9. The number of guanidine groups is 1. The van der Waals surface area contributed by atoms with Crippen LogP contribution in [0.25, 0.3) is 0 Å². The van der Waals surface area contributed by atoms with Crippen LogP contribution in [0.4, 0.5) is 0 Å². The summed E-state index contributed by atoms with van der Waals surface area (Å²) >= 11 is 1.26. The van der Waals surface area contributed by atoms with Crippen LogP contribution >= 0.6 is 35.3 Å². The number of aryl methyl sites for hydroxylation is 1. The van der Waals surface area contributed by atoms with E-state index in [9.17, 15) is 8.42 Å². The van der Waals surface area contributed by atoms with Crippen molar-refractivity contribution in [3.8, 4) is 0 Å². The highest BCUT2D eigenvalue weighted by atomic mass is 127. The average Bonchev–Trinajstić information content (AvgIpc) is 3.13. The van der Waals surface area contributed by atoms with Gasteiger partial charge in [-0.15, -0.1) is 35.3 Å². The summed E-state index contributed by atoms with van der Waals surface area (Å²) < 4.78 is 25.9. The lowest BCUT2D eigenvalue weighted by Gasteiger charge is -2.11. The van der Waals surface area contributed by atoms with Gasteiger partial charge in [-0.3, -0.25) is 0 Å². The Labute approximate surface area is 189 Å². The van der Waals surface area contributed by atoms with Crippen molar-refractivity contribution in [1.82, 2.24) is 14.9 Å². The molecule has 0 radical (unpaired) electrons. The Morgan fingerprint density at radius 2 is 1.82 bits per heavy atom. The third-order valence-corrected chi connectivity index (χ3v) is 7.24. The van der Waals surface area contributed by atoms with Crippen LogP contribution in [0.15, 0.2) is 51.7 Å². The van der Waals surface area contributed by atoms with Gasteiger partial charge in [0.15, 0.2) is 5.96 Å². The van der Waals surface area contributed by atoms with E-state index >= 15 is 0 Å². The zero-order valence-corrected chi connectivity index (χ0v) is 20.5. The molecule has 0 aliphatic rings. The van der Waals surface area contributed by atoms with E-state index in [2.05, 4.69) is 39.9 Å². The van der Waals surface area contributed by atoms with Gasteiger partial charge in [0.25, 0.3) is 10.0 Å². The summed E-state index contributed by atoms with van der Waals surface area (Å²) in [5, 5.41) is 6.56. The number of aliphatic imine (C=N–C) groups is 1. The van der Waals surface area contributed by atoms with Gasteiger partial charge >= 0.3 is 0 Å². The van der Waals surface area contributed by atoms with Crippen molar-refractivity contribution in [1.29, 1.82) is 0 Å². The van der Waals surface area contributed by atoms with E-state index in [1.165, 1.54) is 35.3 Å². The van der Waals surface area contributed by atoms with Crippen molar-refractivity contribution in [2.24, 2.45) is 4.99 Å². The Kier molecular flexibility index (Phi) is 11.0. The first-order chi connectivity index (χ1) is 12.9. The van der Waals surface area contributed by atoms with E-state index in [0.717, 1.165) is 36.8 Å². The first-order valence-electron chi connectivity index (χ1n) is 9.01. The van der Waals surface area contributed by atoms with Gasteiger partial charge in [-0.2, -0.15) is 0 Å². The smallest absolute Gasteiger partial charge is 0.252 e. The molecule has 0 spiro atoms. The van der Waals surface area contributed by atoms with Crippen LogP contribution in [-0.2, 0) is 23.0 Å². The molecular weight excluding hydrogens is 507 g/mol. The molecule has 156 valence electrons. The van der Waals surface area contributed by atoms with Crippen LogP contribution in [0.1, 0.15) is 23.8 Å². The van der Waals surface area contributed by atoms with Gasteiger partial charge in [-0.1, -0.05) is 30.3 Å². The molecule has 2 aromatic rings. The Bertz CT molecular complexity index is 837. The molecule has 0 bridgehead atoms. The highest BCUT2D eigenvalue weighted by Gasteiger charge is 2.19. The van der Waals surface area contributed by atoms with Gasteiger partial charge in [0.1, 0.15) is 4.21 Å². The monoisotopic (exact) mass is 536 g/mol. The van der Waals surface area contributed by atoms with E-state index < -0.39 is 10.0 Å². The number of rotatable bonds is 9. The van der Waals surface area contributed by atoms with E-state index in [1.807, 2.05) is 19.1 Å². The Morgan fingerprint density at radius 1 is 1.11 bits per heavy atom. The molecule has 0 aliphatic carbocycles. The molecule has 0 unspecified atom stereocenters. The average molecular weight is 537 g/mol. The molecule has 28 heavy (non-hydrogen) atoms. The summed E-state index contributed by atoms with van der Waals surface area (Å²) in [6.45, 7) is 4.07. The molecule has 2 rings (SSSR count). The van der Waals surface area contributed by atoms with Gasteiger partial charge < -0.3 is 10.6 Å². The summed E-state index contributed by atoms with van der Waals surface area (Å²) in [4.78, 5) is 5.48. The van der Waals surface area contributed by atoms with Crippen molar-refractivity contribution in [3.63, 3.8) is 0 Å². The minimum absolute atomic E-state index is 0. The maximum absolute atomic E-state index is 12.2. The third-order valence-electron chi connectivity index (χ3n) is 3.89. The molecule has 1 heterocycles.